The topological polar surface area (TPSA) is 46.5 Å². The van der Waals surface area contributed by atoms with E-state index in [1.54, 1.807) is 36.4 Å². The van der Waals surface area contributed by atoms with Crippen molar-refractivity contribution in [1.82, 2.24) is 0 Å². The van der Waals surface area contributed by atoms with Crippen molar-refractivity contribution >= 4 is 5.97 Å². The number of hydrogen-bond acceptors (Lipinski definition) is 2. The summed E-state index contributed by atoms with van der Waals surface area (Å²) in [5.41, 5.74) is 3.48. The van der Waals surface area contributed by atoms with E-state index in [4.69, 9.17) is 9.84 Å². The summed E-state index contributed by atoms with van der Waals surface area (Å²) < 4.78 is 20.4. The number of hydrogen-bond donors (Lipinski definition) is 1. The van der Waals surface area contributed by atoms with Crippen molar-refractivity contribution < 1.29 is 19.0 Å². The molecular weight excluding hydrogens is 355 g/mol. The Bertz CT molecular complexity index is 1030. The van der Waals surface area contributed by atoms with E-state index in [1.165, 1.54) is 6.07 Å². The minimum absolute atomic E-state index is 0.203. The van der Waals surface area contributed by atoms with E-state index in [-0.39, 0.29) is 11.4 Å². The lowest BCUT2D eigenvalue weighted by Gasteiger charge is -2.36. The summed E-state index contributed by atoms with van der Waals surface area (Å²) in [5.74, 6) is -0.334. The van der Waals surface area contributed by atoms with Gasteiger partial charge in [0, 0.05) is 6.42 Å². The van der Waals surface area contributed by atoms with Crippen LogP contribution in [0.2, 0.25) is 0 Å². The fourth-order valence-electron chi connectivity index (χ4n) is 3.73. The molecular formula is C24H21FO3. The van der Waals surface area contributed by atoms with Gasteiger partial charge >= 0.3 is 5.97 Å². The van der Waals surface area contributed by atoms with Crippen LogP contribution in [0.1, 0.15) is 34.8 Å². The molecule has 1 N–H and O–H groups in total. The molecule has 0 aromatic heterocycles. The molecule has 0 unspecified atom stereocenters. The molecule has 0 spiro atoms. The molecule has 0 bridgehead atoms. The fraction of sp³-hybridized carbons (Fsp3) is 0.208. The number of carboxylic acid groups (broad SMARTS) is 1. The lowest BCUT2D eigenvalue weighted by molar-refractivity contribution is 0.0645. The Labute approximate surface area is 163 Å². The van der Waals surface area contributed by atoms with Crippen molar-refractivity contribution in [1.29, 1.82) is 0 Å². The maximum absolute atomic E-state index is 14.1. The molecule has 3 aromatic rings. The Hall–Kier alpha value is -3.14. The number of aryl methyl sites for hydroxylation is 1. The average Bonchev–Trinajstić information content (AvgIpc) is 2.69. The highest BCUT2D eigenvalue weighted by atomic mass is 19.1. The lowest BCUT2D eigenvalue weighted by Crippen LogP contribution is -2.38. The third kappa shape index (κ3) is 3.63. The van der Waals surface area contributed by atoms with E-state index in [0.717, 1.165) is 35.3 Å². The fourth-order valence-corrected chi connectivity index (χ4v) is 3.73. The Balaban J connectivity index is 1.60. The third-order valence-corrected chi connectivity index (χ3v) is 5.33. The summed E-state index contributed by atoms with van der Waals surface area (Å²) in [7, 11) is 0. The van der Waals surface area contributed by atoms with Crippen molar-refractivity contribution in [2.75, 3.05) is 0 Å². The Kier molecular flexibility index (Phi) is 4.63. The summed E-state index contributed by atoms with van der Waals surface area (Å²) in [5, 5.41) is 9.06. The van der Waals surface area contributed by atoms with E-state index in [2.05, 4.69) is 6.07 Å². The Morgan fingerprint density at radius 1 is 1.07 bits per heavy atom. The standard InChI is InChI=1S/C24H21FO3/c1-24(15-20-4-2-3-5-21(20)25)13-12-17-8-11-19(14-22(17)28-24)16-6-9-18(10-7-16)23(26)27/h2-11,14H,12-13,15H2,1H3,(H,26,27)/t24-/m1/s1. The maximum atomic E-state index is 14.1. The molecule has 0 saturated carbocycles. The Morgan fingerprint density at radius 3 is 2.50 bits per heavy atom. The minimum atomic E-state index is -0.941. The molecule has 4 heteroatoms. The zero-order valence-corrected chi connectivity index (χ0v) is 15.6. The molecule has 0 aliphatic carbocycles. The van der Waals surface area contributed by atoms with Gasteiger partial charge in [-0.2, -0.15) is 0 Å². The van der Waals surface area contributed by atoms with Gasteiger partial charge in [-0.3, -0.25) is 0 Å². The van der Waals surface area contributed by atoms with Crippen LogP contribution in [0.25, 0.3) is 11.1 Å². The molecule has 0 fully saturated rings. The zero-order valence-electron chi connectivity index (χ0n) is 15.6. The monoisotopic (exact) mass is 376 g/mol. The molecule has 4 rings (SSSR count). The normalized spacial score (nSPS) is 18.2. The number of carbonyl (C=O) groups is 1. The van der Waals surface area contributed by atoms with Crippen molar-refractivity contribution in [3.05, 3.63) is 89.2 Å². The van der Waals surface area contributed by atoms with Gasteiger partial charge in [-0.25, -0.2) is 9.18 Å². The van der Waals surface area contributed by atoms with Crippen LogP contribution in [0.5, 0.6) is 5.75 Å². The van der Waals surface area contributed by atoms with Gasteiger partial charge in [0.2, 0.25) is 0 Å². The van der Waals surface area contributed by atoms with Crippen molar-refractivity contribution in [2.24, 2.45) is 0 Å². The highest BCUT2D eigenvalue weighted by Crippen LogP contribution is 2.38. The van der Waals surface area contributed by atoms with Gasteiger partial charge in [0.1, 0.15) is 17.2 Å². The molecule has 3 nitrogen and oxygen atoms in total. The summed E-state index contributed by atoms with van der Waals surface area (Å²) in [4.78, 5) is 11.0. The number of aromatic carboxylic acids is 1. The van der Waals surface area contributed by atoms with Gasteiger partial charge in [-0.15, -0.1) is 0 Å². The number of rotatable bonds is 4. The van der Waals surface area contributed by atoms with Crippen LogP contribution in [0.15, 0.2) is 66.7 Å². The molecule has 0 saturated heterocycles. The van der Waals surface area contributed by atoms with Gasteiger partial charge in [0.15, 0.2) is 0 Å². The molecule has 1 heterocycles. The Morgan fingerprint density at radius 2 is 1.79 bits per heavy atom. The van der Waals surface area contributed by atoms with Gasteiger partial charge in [0.25, 0.3) is 0 Å². The summed E-state index contributed by atoms with van der Waals surface area (Å²) in [6.45, 7) is 2.02. The SMILES string of the molecule is C[C@]1(Cc2ccccc2F)CCc2ccc(-c3ccc(C(=O)O)cc3)cc2O1. The van der Waals surface area contributed by atoms with Crippen molar-refractivity contribution in [3.8, 4) is 16.9 Å². The predicted octanol–water partition coefficient (Wildman–Crippen LogP) is 5.52. The molecule has 1 aliphatic heterocycles. The number of halogens is 1. The third-order valence-electron chi connectivity index (χ3n) is 5.33. The molecule has 1 aliphatic rings. The predicted molar refractivity (Wildman–Crippen MR) is 106 cm³/mol. The summed E-state index contributed by atoms with van der Waals surface area (Å²) in [6, 6.07) is 19.7. The van der Waals surface area contributed by atoms with Crippen LogP contribution >= 0.6 is 0 Å². The quantitative estimate of drug-likeness (QED) is 0.652. The van der Waals surface area contributed by atoms with E-state index in [1.807, 2.05) is 25.1 Å². The number of ether oxygens (including phenoxy) is 1. The zero-order chi connectivity index (χ0) is 19.7. The second kappa shape index (κ2) is 7.12. The molecule has 0 amide bonds. The van der Waals surface area contributed by atoms with Gasteiger partial charge < -0.3 is 9.84 Å². The van der Waals surface area contributed by atoms with Crippen LogP contribution < -0.4 is 4.74 Å². The number of carboxylic acids is 1. The second-order valence-corrected chi connectivity index (χ2v) is 7.53. The molecule has 3 aromatic carbocycles. The maximum Gasteiger partial charge on any atom is 0.335 e. The van der Waals surface area contributed by atoms with Crippen LogP contribution in [0.4, 0.5) is 4.39 Å². The van der Waals surface area contributed by atoms with Crippen molar-refractivity contribution in [3.63, 3.8) is 0 Å². The molecule has 1 atom stereocenters. The summed E-state index contributed by atoms with van der Waals surface area (Å²) in [6.07, 6.45) is 2.20. The van der Waals surface area contributed by atoms with E-state index in [0.29, 0.717) is 12.0 Å². The first-order valence-corrected chi connectivity index (χ1v) is 9.33. The van der Waals surface area contributed by atoms with E-state index in [9.17, 15) is 9.18 Å². The first-order valence-electron chi connectivity index (χ1n) is 9.33. The van der Waals surface area contributed by atoms with Crippen LogP contribution in [-0.2, 0) is 12.8 Å². The van der Waals surface area contributed by atoms with E-state index < -0.39 is 11.6 Å². The smallest absolute Gasteiger partial charge is 0.335 e. The van der Waals surface area contributed by atoms with Crippen LogP contribution in [0, 0.1) is 5.82 Å². The molecule has 142 valence electrons. The number of fused-ring (bicyclic) bond motifs is 1. The first-order chi connectivity index (χ1) is 13.4. The second-order valence-electron chi connectivity index (χ2n) is 7.53. The van der Waals surface area contributed by atoms with E-state index >= 15 is 0 Å². The minimum Gasteiger partial charge on any atom is -0.487 e. The lowest BCUT2D eigenvalue weighted by atomic mass is 9.86. The highest BCUT2D eigenvalue weighted by Gasteiger charge is 2.32. The van der Waals surface area contributed by atoms with Crippen LogP contribution in [-0.4, -0.2) is 16.7 Å². The van der Waals surface area contributed by atoms with Gasteiger partial charge in [-0.1, -0.05) is 42.5 Å². The van der Waals surface area contributed by atoms with Gasteiger partial charge in [0.05, 0.1) is 5.56 Å². The van der Waals surface area contributed by atoms with Crippen LogP contribution in [0.3, 0.4) is 0 Å². The largest absolute Gasteiger partial charge is 0.487 e. The first kappa shape index (κ1) is 18.2. The average molecular weight is 376 g/mol. The summed E-state index contributed by atoms with van der Waals surface area (Å²) >= 11 is 0. The molecule has 28 heavy (non-hydrogen) atoms. The van der Waals surface area contributed by atoms with Crippen molar-refractivity contribution in [2.45, 2.75) is 31.8 Å². The number of benzene rings is 3. The highest BCUT2D eigenvalue weighted by molar-refractivity contribution is 5.88. The molecule has 0 radical (unpaired) electrons. The van der Waals surface area contributed by atoms with Gasteiger partial charge in [-0.05, 0) is 66.3 Å².